The minimum absolute atomic E-state index is 0.551. The Balaban J connectivity index is 2.23. The van der Waals surface area contributed by atoms with Crippen LogP contribution in [0.3, 0.4) is 0 Å². The molecule has 0 radical (unpaired) electrons. The molecule has 1 N–H and O–H groups in total. The molecular weight excluding hydrogens is 198 g/mol. The second-order valence-electron chi connectivity index (χ2n) is 3.18. The summed E-state index contributed by atoms with van der Waals surface area (Å²) in [5.41, 5.74) is 2.37. The summed E-state index contributed by atoms with van der Waals surface area (Å²) in [6, 6.07) is 0. The number of nitrogens with one attached hydrogen (secondary N) is 1. The van der Waals surface area contributed by atoms with Crippen molar-refractivity contribution in [2.45, 2.75) is 6.42 Å². The zero-order valence-corrected chi connectivity index (χ0v) is 8.70. The Morgan fingerprint density at radius 3 is 2.67 bits per heavy atom. The molecule has 0 unspecified atom stereocenters. The first-order chi connectivity index (χ1) is 7.35. The van der Waals surface area contributed by atoms with Gasteiger partial charge in [0.25, 0.3) is 0 Å². The van der Waals surface area contributed by atoms with Crippen molar-refractivity contribution in [3.63, 3.8) is 0 Å². The topological polar surface area (TPSA) is 49.0 Å². The summed E-state index contributed by atoms with van der Waals surface area (Å²) in [7, 11) is 2.91. The highest BCUT2D eigenvalue weighted by Crippen LogP contribution is 2.31. The van der Waals surface area contributed by atoms with Crippen LogP contribution in [0.4, 0.5) is 0 Å². The van der Waals surface area contributed by atoms with Gasteiger partial charge in [0.1, 0.15) is 0 Å². The van der Waals surface area contributed by atoms with Crippen LogP contribution >= 0.6 is 0 Å². The van der Waals surface area contributed by atoms with Crippen molar-refractivity contribution in [1.82, 2.24) is 5.32 Å². The molecule has 0 spiro atoms. The van der Waals surface area contributed by atoms with E-state index in [1.807, 2.05) is 12.3 Å². The van der Waals surface area contributed by atoms with Crippen LogP contribution in [0.15, 0.2) is 34.9 Å². The summed E-state index contributed by atoms with van der Waals surface area (Å²) < 4.78 is 0. The van der Waals surface area contributed by atoms with Crippen molar-refractivity contribution in [2.75, 3.05) is 20.8 Å². The smallest absolute Gasteiger partial charge is 0.207 e. The zero-order chi connectivity index (χ0) is 10.7. The first-order valence-corrected chi connectivity index (χ1v) is 4.63. The van der Waals surface area contributed by atoms with Crippen LogP contribution in [-0.4, -0.2) is 20.8 Å². The second kappa shape index (κ2) is 4.37. The molecule has 0 amide bonds. The van der Waals surface area contributed by atoms with E-state index in [-0.39, 0.29) is 0 Å². The third-order valence-electron chi connectivity index (χ3n) is 2.27. The van der Waals surface area contributed by atoms with Crippen LogP contribution in [0.2, 0.25) is 0 Å². The van der Waals surface area contributed by atoms with Crippen molar-refractivity contribution < 1.29 is 19.6 Å². The number of hydrogen-bond acceptors (Lipinski definition) is 5. The molecule has 2 aliphatic rings. The molecule has 0 bridgehead atoms. The third kappa shape index (κ3) is 1.98. The maximum atomic E-state index is 5.02. The maximum Gasteiger partial charge on any atom is 0.207 e. The number of hydrogen-bond donors (Lipinski definition) is 1. The van der Waals surface area contributed by atoms with Gasteiger partial charge in [0.15, 0.2) is 5.76 Å². The highest BCUT2D eigenvalue weighted by Gasteiger charge is 2.24. The lowest BCUT2D eigenvalue weighted by Crippen LogP contribution is -2.08. The largest absolute Gasteiger partial charge is 0.387 e. The van der Waals surface area contributed by atoms with Gasteiger partial charge in [-0.2, -0.15) is 9.78 Å². The summed E-state index contributed by atoms with van der Waals surface area (Å²) >= 11 is 0. The molecule has 82 valence electrons. The van der Waals surface area contributed by atoms with Crippen molar-refractivity contribution in [1.29, 1.82) is 0 Å². The van der Waals surface area contributed by atoms with E-state index in [0.717, 1.165) is 6.54 Å². The Hall–Kier alpha value is -1.46. The van der Waals surface area contributed by atoms with Gasteiger partial charge in [-0.05, 0) is 17.2 Å². The van der Waals surface area contributed by atoms with E-state index in [4.69, 9.17) is 9.78 Å². The molecule has 0 aromatic carbocycles. The molecule has 0 atom stereocenters. The predicted molar refractivity (Wildman–Crippen MR) is 52.0 cm³/mol. The van der Waals surface area contributed by atoms with Gasteiger partial charge in [-0.3, -0.25) is 0 Å². The van der Waals surface area contributed by atoms with Crippen LogP contribution in [0, 0.1) is 0 Å². The molecule has 1 aliphatic heterocycles. The molecule has 5 nitrogen and oxygen atoms in total. The first kappa shape index (κ1) is 10.1. The van der Waals surface area contributed by atoms with Gasteiger partial charge in [0.05, 0.1) is 14.2 Å². The number of allylic oxidation sites excluding steroid dienone is 2. The Kier molecular flexibility index (Phi) is 2.94. The molecule has 5 heteroatoms. The standard InChI is InChI=1S/C10H13NO4/c1-12-14-9-3-7-5-11-6-8(7)4-10(9)15-13-2/h3,6,11H,4-5H2,1-2H3. The molecule has 2 rings (SSSR count). The number of fused-ring (bicyclic) bond motifs is 1. The fourth-order valence-corrected chi connectivity index (χ4v) is 1.63. The van der Waals surface area contributed by atoms with Gasteiger partial charge < -0.3 is 15.1 Å². The highest BCUT2D eigenvalue weighted by molar-refractivity contribution is 5.46. The Morgan fingerprint density at radius 1 is 1.13 bits per heavy atom. The zero-order valence-electron chi connectivity index (χ0n) is 8.70. The average Bonchev–Trinajstić information content (AvgIpc) is 2.66. The Morgan fingerprint density at radius 2 is 1.93 bits per heavy atom. The molecule has 15 heavy (non-hydrogen) atoms. The summed E-state index contributed by atoms with van der Waals surface area (Å²) in [5, 5.41) is 3.14. The third-order valence-corrected chi connectivity index (χ3v) is 2.27. The van der Waals surface area contributed by atoms with Crippen LogP contribution in [-0.2, 0) is 19.6 Å². The molecule has 0 aromatic heterocycles. The van der Waals surface area contributed by atoms with E-state index in [0.29, 0.717) is 17.9 Å². The summed E-state index contributed by atoms with van der Waals surface area (Å²) in [5.74, 6) is 1.16. The fraction of sp³-hybridized carbons (Fsp3) is 0.400. The monoisotopic (exact) mass is 211 g/mol. The van der Waals surface area contributed by atoms with Gasteiger partial charge in [-0.1, -0.05) is 0 Å². The predicted octanol–water partition coefficient (Wildman–Crippen LogP) is 1.17. The van der Waals surface area contributed by atoms with E-state index in [1.165, 1.54) is 25.4 Å². The summed E-state index contributed by atoms with van der Waals surface area (Å²) in [4.78, 5) is 19.3. The van der Waals surface area contributed by atoms with E-state index in [1.54, 1.807) is 0 Å². The van der Waals surface area contributed by atoms with Crippen LogP contribution in [0.1, 0.15) is 6.42 Å². The van der Waals surface area contributed by atoms with Crippen molar-refractivity contribution in [3.8, 4) is 0 Å². The average molecular weight is 211 g/mol. The van der Waals surface area contributed by atoms with Crippen molar-refractivity contribution in [3.05, 3.63) is 34.9 Å². The van der Waals surface area contributed by atoms with Crippen molar-refractivity contribution >= 4 is 0 Å². The van der Waals surface area contributed by atoms with Gasteiger partial charge in [-0.25, -0.2) is 0 Å². The lowest BCUT2D eigenvalue weighted by molar-refractivity contribution is -0.264. The molecular formula is C10H13NO4. The molecule has 0 saturated heterocycles. The second-order valence-corrected chi connectivity index (χ2v) is 3.18. The van der Waals surface area contributed by atoms with Crippen LogP contribution in [0.25, 0.3) is 0 Å². The first-order valence-electron chi connectivity index (χ1n) is 4.63. The molecule has 0 saturated carbocycles. The summed E-state index contributed by atoms with van der Waals surface area (Å²) in [6.07, 6.45) is 4.49. The Labute approximate surface area is 87.8 Å². The van der Waals surface area contributed by atoms with E-state index < -0.39 is 0 Å². The molecule has 0 fully saturated rings. The van der Waals surface area contributed by atoms with Gasteiger partial charge in [0, 0.05) is 19.2 Å². The highest BCUT2D eigenvalue weighted by atomic mass is 17.2. The lowest BCUT2D eigenvalue weighted by atomic mass is 9.99. The quantitative estimate of drug-likeness (QED) is 0.558. The van der Waals surface area contributed by atoms with Crippen LogP contribution < -0.4 is 5.32 Å². The van der Waals surface area contributed by atoms with E-state index in [9.17, 15) is 0 Å². The fourth-order valence-electron chi connectivity index (χ4n) is 1.63. The van der Waals surface area contributed by atoms with Gasteiger partial charge in [0.2, 0.25) is 5.76 Å². The van der Waals surface area contributed by atoms with Gasteiger partial charge in [-0.15, -0.1) is 0 Å². The van der Waals surface area contributed by atoms with E-state index in [2.05, 4.69) is 15.1 Å². The van der Waals surface area contributed by atoms with Gasteiger partial charge >= 0.3 is 0 Å². The normalized spacial score (nSPS) is 19.1. The van der Waals surface area contributed by atoms with Crippen LogP contribution in [0.5, 0.6) is 0 Å². The summed E-state index contributed by atoms with van der Waals surface area (Å²) in [6.45, 7) is 0.812. The molecule has 0 aromatic rings. The minimum atomic E-state index is 0.551. The van der Waals surface area contributed by atoms with Crippen molar-refractivity contribution in [2.24, 2.45) is 0 Å². The van der Waals surface area contributed by atoms with E-state index >= 15 is 0 Å². The SMILES string of the molecule is COOC1=C(OOC)CC2=CNCC2=C1. The molecule has 1 heterocycles. The lowest BCUT2D eigenvalue weighted by Gasteiger charge is -2.16. The minimum Gasteiger partial charge on any atom is -0.387 e. The number of rotatable bonds is 4. The Bertz CT molecular complexity index is 343. The molecule has 1 aliphatic carbocycles. The maximum absolute atomic E-state index is 5.02.